The van der Waals surface area contributed by atoms with Crippen molar-refractivity contribution in [2.24, 2.45) is 0 Å². The van der Waals surface area contributed by atoms with Crippen LogP contribution in [0.1, 0.15) is 5.56 Å². The number of H-pyrrole nitrogens is 1. The Labute approximate surface area is 69.2 Å². The maximum Gasteiger partial charge on any atom is 0.174 e. The number of rotatable bonds is 1. The lowest BCUT2D eigenvalue weighted by atomic mass is 10.2. The molecule has 11 heavy (non-hydrogen) atoms. The number of fused-ring (bicyclic) bond motifs is 1. The van der Waals surface area contributed by atoms with Crippen LogP contribution in [0.2, 0.25) is 0 Å². The molecule has 2 rings (SSSR count). The molecule has 1 radical (unpaired) electrons. The van der Waals surface area contributed by atoms with Crippen molar-refractivity contribution in [1.29, 1.82) is 0 Å². The number of para-hydroxylation sites is 1. The molecule has 0 atom stereocenters. The van der Waals surface area contributed by atoms with Gasteiger partial charge in [-0.1, -0.05) is 12.1 Å². The van der Waals surface area contributed by atoms with E-state index in [1.54, 1.807) is 0 Å². The summed E-state index contributed by atoms with van der Waals surface area (Å²) in [6.45, 7) is 0. The summed E-state index contributed by atoms with van der Waals surface area (Å²) in [5.41, 5.74) is 2.95. The molecule has 0 fully saturated rings. The molecule has 0 amide bonds. The fourth-order valence-corrected chi connectivity index (χ4v) is 1.29. The standard InChI is InChI=1S/C8H6ClN2/c9-4-6-2-1-3-7-8(6)11-5-10-7/h1-3H,4H2,(H,10,11). The van der Waals surface area contributed by atoms with Gasteiger partial charge in [-0.2, -0.15) is 0 Å². The van der Waals surface area contributed by atoms with Crippen LogP contribution in [0, 0.1) is 6.33 Å². The van der Waals surface area contributed by atoms with Gasteiger partial charge in [0.1, 0.15) is 0 Å². The highest BCUT2D eigenvalue weighted by Crippen LogP contribution is 2.15. The van der Waals surface area contributed by atoms with Gasteiger partial charge >= 0.3 is 0 Å². The van der Waals surface area contributed by atoms with Gasteiger partial charge in [0.15, 0.2) is 6.33 Å². The van der Waals surface area contributed by atoms with Crippen LogP contribution in [0.3, 0.4) is 0 Å². The van der Waals surface area contributed by atoms with Crippen LogP contribution in [0.15, 0.2) is 18.2 Å². The molecule has 0 saturated heterocycles. The number of nitrogens with one attached hydrogen (secondary N) is 1. The zero-order valence-corrected chi connectivity index (χ0v) is 6.52. The first-order chi connectivity index (χ1) is 5.42. The highest BCUT2D eigenvalue weighted by Gasteiger charge is 2.00. The van der Waals surface area contributed by atoms with Crippen molar-refractivity contribution < 1.29 is 0 Å². The SMILES string of the molecule is ClCc1cccc2[nH][c]nc12. The first-order valence-corrected chi connectivity index (χ1v) is 3.85. The van der Waals surface area contributed by atoms with Crippen LogP contribution >= 0.6 is 11.6 Å². The van der Waals surface area contributed by atoms with E-state index in [1.165, 1.54) is 0 Å². The molecular formula is C8H6ClN2. The Balaban J connectivity index is 2.79. The zero-order valence-electron chi connectivity index (χ0n) is 5.76. The number of nitrogens with zero attached hydrogens (tertiary/aromatic N) is 1. The fourth-order valence-electron chi connectivity index (χ4n) is 1.08. The van der Waals surface area contributed by atoms with E-state index in [0.717, 1.165) is 16.6 Å². The summed E-state index contributed by atoms with van der Waals surface area (Å²) in [4.78, 5) is 6.92. The van der Waals surface area contributed by atoms with Crippen molar-refractivity contribution >= 4 is 22.6 Å². The molecule has 2 nitrogen and oxygen atoms in total. The minimum Gasteiger partial charge on any atom is -0.335 e. The molecule has 1 aromatic carbocycles. The van der Waals surface area contributed by atoms with Crippen molar-refractivity contribution in [2.45, 2.75) is 5.88 Å². The average molecular weight is 166 g/mol. The van der Waals surface area contributed by atoms with E-state index in [9.17, 15) is 0 Å². The number of aromatic amines is 1. The third-order valence-corrected chi connectivity index (χ3v) is 1.91. The highest BCUT2D eigenvalue weighted by atomic mass is 35.5. The number of hydrogen-bond acceptors (Lipinski definition) is 1. The van der Waals surface area contributed by atoms with Crippen molar-refractivity contribution in [1.82, 2.24) is 9.97 Å². The van der Waals surface area contributed by atoms with Crippen LogP contribution in [0.25, 0.3) is 11.0 Å². The minimum absolute atomic E-state index is 0.496. The molecule has 2 aromatic rings. The van der Waals surface area contributed by atoms with Crippen molar-refractivity contribution in [3.8, 4) is 0 Å². The molecule has 1 N–H and O–H groups in total. The van der Waals surface area contributed by atoms with Crippen molar-refractivity contribution in [3.05, 3.63) is 30.1 Å². The maximum absolute atomic E-state index is 5.70. The smallest absolute Gasteiger partial charge is 0.174 e. The zero-order chi connectivity index (χ0) is 7.68. The average Bonchev–Trinajstić information content (AvgIpc) is 2.50. The topological polar surface area (TPSA) is 28.7 Å². The summed E-state index contributed by atoms with van der Waals surface area (Å²) in [6.07, 6.45) is 2.68. The Bertz CT molecular complexity index is 367. The third-order valence-electron chi connectivity index (χ3n) is 1.62. The second-order valence-corrected chi connectivity index (χ2v) is 2.56. The highest BCUT2D eigenvalue weighted by molar-refractivity contribution is 6.17. The molecule has 0 aliphatic heterocycles. The second kappa shape index (κ2) is 2.55. The number of hydrogen-bond donors (Lipinski definition) is 1. The lowest BCUT2D eigenvalue weighted by Gasteiger charge is -1.93. The summed E-state index contributed by atoms with van der Waals surface area (Å²) in [5, 5.41) is 0. The van der Waals surface area contributed by atoms with E-state index < -0.39 is 0 Å². The Morgan fingerprint density at radius 3 is 3.27 bits per heavy atom. The molecule has 0 aliphatic rings. The van der Waals surface area contributed by atoms with Gasteiger partial charge in [-0.05, 0) is 11.6 Å². The first kappa shape index (κ1) is 6.68. The summed E-state index contributed by atoms with van der Waals surface area (Å²) in [7, 11) is 0. The van der Waals surface area contributed by atoms with Gasteiger partial charge in [-0.25, -0.2) is 4.98 Å². The van der Waals surface area contributed by atoms with Gasteiger partial charge in [0.2, 0.25) is 0 Å². The van der Waals surface area contributed by atoms with Gasteiger partial charge in [-0.3, -0.25) is 0 Å². The number of alkyl halides is 1. The number of aromatic nitrogens is 2. The summed E-state index contributed by atoms with van der Waals surface area (Å²) < 4.78 is 0. The molecule has 3 heteroatoms. The van der Waals surface area contributed by atoms with Crippen molar-refractivity contribution in [3.63, 3.8) is 0 Å². The molecule has 0 unspecified atom stereocenters. The second-order valence-electron chi connectivity index (χ2n) is 2.30. The summed E-state index contributed by atoms with van der Waals surface area (Å²) >= 11 is 5.70. The Morgan fingerprint density at radius 2 is 2.45 bits per heavy atom. The van der Waals surface area contributed by atoms with E-state index in [-0.39, 0.29) is 0 Å². The predicted octanol–water partition coefficient (Wildman–Crippen LogP) is 2.10. The van der Waals surface area contributed by atoms with Gasteiger partial charge in [0.25, 0.3) is 0 Å². The van der Waals surface area contributed by atoms with Crippen molar-refractivity contribution in [2.75, 3.05) is 0 Å². The van der Waals surface area contributed by atoms with Crippen LogP contribution in [-0.2, 0) is 5.88 Å². The summed E-state index contributed by atoms with van der Waals surface area (Å²) in [6, 6.07) is 5.87. The number of imidazole rings is 1. The Kier molecular flexibility index (Phi) is 1.55. The molecule has 1 aromatic heterocycles. The molecular weight excluding hydrogens is 160 g/mol. The van der Waals surface area contributed by atoms with Crippen LogP contribution in [0.4, 0.5) is 0 Å². The lowest BCUT2D eigenvalue weighted by Crippen LogP contribution is -1.79. The quantitative estimate of drug-likeness (QED) is 0.645. The largest absolute Gasteiger partial charge is 0.335 e. The van der Waals surface area contributed by atoms with Gasteiger partial charge in [0, 0.05) is 5.88 Å². The van der Waals surface area contributed by atoms with E-state index in [1.807, 2.05) is 18.2 Å². The van der Waals surface area contributed by atoms with E-state index in [2.05, 4.69) is 16.3 Å². The first-order valence-electron chi connectivity index (χ1n) is 3.31. The van der Waals surface area contributed by atoms with Crippen LogP contribution < -0.4 is 0 Å². The predicted molar refractivity (Wildman–Crippen MR) is 44.5 cm³/mol. The van der Waals surface area contributed by atoms with Gasteiger partial charge in [0.05, 0.1) is 11.0 Å². The van der Waals surface area contributed by atoms with Gasteiger partial charge in [-0.15, -0.1) is 11.6 Å². The van der Waals surface area contributed by atoms with E-state index in [0.29, 0.717) is 5.88 Å². The minimum atomic E-state index is 0.496. The molecule has 55 valence electrons. The maximum atomic E-state index is 5.70. The molecule has 0 saturated carbocycles. The molecule has 0 aliphatic carbocycles. The number of benzene rings is 1. The Hall–Kier alpha value is -1.02. The van der Waals surface area contributed by atoms with Gasteiger partial charge < -0.3 is 4.98 Å². The number of halogens is 1. The van der Waals surface area contributed by atoms with Crippen LogP contribution in [0.5, 0.6) is 0 Å². The van der Waals surface area contributed by atoms with Crippen LogP contribution in [-0.4, -0.2) is 9.97 Å². The van der Waals surface area contributed by atoms with E-state index >= 15 is 0 Å². The molecule has 1 heterocycles. The monoisotopic (exact) mass is 165 g/mol. The fraction of sp³-hybridized carbons (Fsp3) is 0.125. The normalized spacial score (nSPS) is 10.6. The summed E-state index contributed by atoms with van der Waals surface area (Å²) in [5.74, 6) is 0.496. The molecule has 0 bridgehead atoms. The molecule has 0 spiro atoms. The lowest BCUT2D eigenvalue weighted by molar-refractivity contribution is 1.31. The Morgan fingerprint density at radius 1 is 1.55 bits per heavy atom. The van der Waals surface area contributed by atoms with E-state index in [4.69, 9.17) is 11.6 Å². The third kappa shape index (κ3) is 0.994.